The van der Waals surface area contributed by atoms with E-state index in [4.69, 9.17) is 9.82 Å². The summed E-state index contributed by atoms with van der Waals surface area (Å²) in [7, 11) is 0. The van der Waals surface area contributed by atoms with Gasteiger partial charge in [-0.15, -0.1) is 4.84 Å². The van der Waals surface area contributed by atoms with E-state index in [0.29, 0.717) is 11.4 Å². The normalized spacial score (nSPS) is 21.4. The first-order valence-corrected chi connectivity index (χ1v) is 7.41. The predicted molar refractivity (Wildman–Crippen MR) is 86.6 cm³/mol. The van der Waals surface area contributed by atoms with E-state index in [2.05, 4.69) is 71.0 Å². The van der Waals surface area contributed by atoms with Crippen molar-refractivity contribution in [1.29, 1.82) is 0 Å². The van der Waals surface area contributed by atoms with Crippen LogP contribution in [0.15, 0.2) is 36.4 Å². The van der Waals surface area contributed by atoms with Gasteiger partial charge in [0, 0.05) is 11.6 Å². The van der Waals surface area contributed by atoms with Crippen LogP contribution in [0.2, 0.25) is 0 Å². The van der Waals surface area contributed by atoms with Crippen molar-refractivity contribution in [3.05, 3.63) is 47.5 Å². The molecule has 1 fully saturated rings. The first kappa shape index (κ1) is 14.2. The molecular weight excluding hydrogens is 260 g/mol. The minimum atomic E-state index is -0.00581. The molecule has 21 heavy (non-hydrogen) atoms. The molecule has 0 bridgehead atoms. The van der Waals surface area contributed by atoms with Crippen LogP contribution in [-0.4, -0.2) is 17.3 Å². The minimum Gasteiger partial charge on any atom is -0.194 e. The van der Waals surface area contributed by atoms with E-state index in [1.54, 1.807) is 0 Å². The second-order valence-corrected chi connectivity index (χ2v) is 6.93. The monoisotopic (exact) mass is 283 g/mol. The zero-order valence-electron chi connectivity index (χ0n) is 13.5. The van der Waals surface area contributed by atoms with Crippen LogP contribution in [0.3, 0.4) is 0 Å². The third-order valence-corrected chi connectivity index (χ3v) is 4.09. The van der Waals surface area contributed by atoms with Gasteiger partial charge in [-0.05, 0) is 52.8 Å². The van der Waals surface area contributed by atoms with Crippen LogP contribution >= 0.6 is 0 Å². The summed E-state index contributed by atoms with van der Waals surface area (Å²) in [4.78, 5) is 10.6. The van der Waals surface area contributed by atoms with Gasteiger partial charge in [-0.2, -0.15) is 4.98 Å². The molecule has 1 aliphatic rings. The Morgan fingerprint density at radius 1 is 1.05 bits per heavy atom. The van der Waals surface area contributed by atoms with Crippen molar-refractivity contribution in [1.82, 2.24) is 9.63 Å². The molecule has 1 unspecified atom stereocenters. The van der Waals surface area contributed by atoms with Crippen LogP contribution in [0.25, 0.3) is 11.3 Å². The molecule has 1 aliphatic heterocycles. The summed E-state index contributed by atoms with van der Waals surface area (Å²) in [5, 5.41) is 0. The highest BCUT2D eigenvalue weighted by atomic mass is 16.9. The van der Waals surface area contributed by atoms with Gasteiger partial charge in [0.1, 0.15) is 5.54 Å². The number of hydrogen-bond donors (Lipinski definition) is 0. The van der Waals surface area contributed by atoms with Crippen molar-refractivity contribution in [2.75, 3.05) is 6.73 Å². The average Bonchev–Trinajstić information content (AvgIpc) is 3.18. The van der Waals surface area contributed by atoms with Gasteiger partial charge in [0.15, 0.2) is 0 Å². The fourth-order valence-electron chi connectivity index (χ4n) is 2.83. The molecule has 0 aliphatic carbocycles. The number of rotatable bonds is 2. The second-order valence-electron chi connectivity index (χ2n) is 6.93. The predicted octanol–water partition coefficient (Wildman–Crippen LogP) is 4.37. The Hall–Kier alpha value is -1.71. The Morgan fingerprint density at radius 2 is 1.67 bits per heavy atom. The van der Waals surface area contributed by atoms with E-state index < -0.39 is 0 Å². The zero-order valence-corrected chi connectivity index (χ0v) is 13.5. The maximum Gasteiger partial charge on any atom is 0.272 e. The maximum absolute atomic E-state index is 5.76. The second kappa shape index (κ2) is 4.65. The molecule has 1 atom stereocenters. The van der Waals surface area contributed by atoms with Crippen molar-refractivity contribution in [3.63, 3.8) is 0 Å². The van der Waals surface area contributed by atoms with Crippen molar-refractivity contribution in [3.8, 4) is 11.3 Å². The van der Waals surface area contributed by atoms with E-state index in [1.807, 2.05) is 0 Å². The molecule has 3 rings (SSSR count). The highest BCUT2D eigenvalue weighted by Crippen LogP contribution is 2.41. The molecule has 2 heterocycles. The number of pyridine rings is 1. The minimum absolute atomic E-state index is 0.00581. The number of aryl methyl sites for hydroxylation is 2. The van der Waals surface area contributed by atoms with Gasteiger partial charge in [0.2, 0.25) is 0 Å². The molecule has 3 heteroatoms. The Bertz CT molecular complexity index is 662. The van der Waals surface area contributed by atoms with Crippen molar-refractivity contribution < 1.29 is 4.84 Å². The molecule has 0 saturated carbocycles. The molecular formula is C18H23N2O+. The number of nitrogens with zero attached hydrogens (tertiary/aromatic N) is 2. The highest BCUT2D eigenvalue weighted by Gasteiger charge is 2.59. The van der Waals surface area contributed by atoms with Gasteiger partial charge < -0.3 is 0 Å². The quantitative estimate of drug-likeness (QED) is 0.604. The summed E-state index contributed by atoms with van der Waals surface area (Å²) in [6, 6.07) is 12.8. The summed E-state index contributed by atoms with van der Waals surface area (Å²) in [6.07, 6.45) is 0. The Kier molecular flexibility index (Phi) is 3.15. The van der Waals surface area contributed by atoms with E-state index >= 15 is 0 Å². The largest absolute Gasteiger partial charge is 0.272 e. The molecule has 2 aromatic rings. The van der Waals surface area contributed by atoms with Crippen molar-refractivity contribution >= 4 is 5.82 Å². The van der Waals surface area contributed by atoms with Crippen LogP contribution in [0.5, 0.6) is 0 Å². The lowest BCUT2D eigenvalue weighted by atomic mass is 10.0. The van der Waals surface area contributed by atoms with E-state index in [1.165, 1.54) is 16.7 Å². The number of hydroxylamine groups is 2. The van der Waals surface area contributed by atoms with Gasteiger partial charge in [0.25, 0.3) is 12.5 Å². The molecule has 0 amide bonds. The van der Waals surface area contributed by atoms with E-state index in [9.17, 15) is 0 Å². The summed E-state index contributed by atoms with van der Waals surface area (Å²) in [5.41, 5.74) is 4.70. The first-order valence-electron chi connectivity index (χ1n) is 7.41. The SMILES string of the molecule is Cc1cc(C)cc(-c2cccc([N+]3(C(C)(C)C)CO3)n2)c1. The lowest BCUT2D eigenvalue weighted by Gasteiger charge is -2.25. The van der Waals surface area contributed by atoms with E-state index in [-0.39, 0.29) is 5.54 Å². The summed E-state index contributed by atoms with van der Waals surface area (Å²) in [5.74, 6) is 0.985. The van der Waals surface area contributed by atoms with Crippen molar-refractivity contribution in [2.45, 2.75) is 40.2 Å². The van der Waals surface area contributed by atoms with Gasteiger partial charge in [-0.3, -0.25) is 0 Å². The highest BCUT2D eigenvalue weighted by molar-refractivity contribution is 5.63. The van der Waals surface area contributed by atoms with Gasteiger partial charge in [0.05, 0.1) is 5.69 Å². The zero-order chi connectivity index (χ0) is 15.3. The first-order chi connectivity index (χ1) is 9.82. The van der Waals surface area contributed by atoms with Crippen LogP contribution in [-0.2, 0) is 4.84 Å². The number of aromatic nitrogens is 1. The molecule has 0 N–H and O–H groups in total. The summed E-state index contributed by atoms with van der Waals surface area (Å²) < 4.78 is 0.506. The Labute approximate surface area is 126 Å². The topological polar surface area (TPSA) is 25.4 Å². The maximum atomic E-state index is 5.76. The van der Waals surface area contributed by atoms with Gasteiger partial charge in [-0.25, -0.2) is 0 Å². The molecule has 0 radical (unpaired) electrons. The molecule has 110 valence electrons. The van der Waals surface area contributed by atoms with Gasteiger partial charge in [-0.1, -0.05) is 27.9 Å². The molecule has 0 spiro atoms. The summed E-state index contributed by atoms with van der Waals surface area (Å²) in [6.45, 7) is 11.5. The Balaban J connectivity index is 2.05. The molecule has 1 aromatic carbocycles. The standard InChI is InChI=1S/C18H23N2O/c1-13-9-14(2)11-15(10-13)16-7-6-8-17(19-16)20(12-21-20)18(3,4)5/h6-11H,12H2,1-5H3/q+1. The van der Waals surface area contributed by atoms with Gasteiger partial charge >= 0.3 is 0 Å². The van der Waals surface area contributed by atoms with E-state index in [0.717, 1.165) is 11.5 Å². The fourth-order valence-corrected chi connectivity index (χ4v) is 2.83. The summed E-state index contributed by atoms with van der Waals surface area (Å²) >= 11 is 0. The number of quaternary nitrogens is 1. The van der Waals surface area contributed by atoms with Crippen LogP contribution in [0.4, 0.5) is 5.82 Å². The Morgan fingerprint density at radius 3 is 2.19 bits per heavy atom. The number of hydrogen-bond acceptors (Lipinski definition) is 2. The van der Waals surface area contributed by atoms with Crippen LogP contribution < -0.4 is 4.65 Å². The third-order valence-electron chi connectivity index (χ3n) is 4.09. The molecule has 3 nitrogen and oxygen atoms in total. The van der Waals surface area contributed by atoms with Crippen molar-refractivity contribution in [2.24, 2.45) is 0 Å². The lowest BCUT2D eigenvalue weighted by Crippen LogP contribution is -2.45. The fraction of sp³-hybridized carbons (Fsp3) is 0.389. The van der Waals surface area contributed by atoms with Crippen LogP contribution in [0.1, 0.15) is 31.9 Å². The molecule has 1 saturated heterocycles. The average molecular weight is 283 g/mol. The number of benzene rings is 1. The smallest absolute Gasteiger partial charge is 0.194 e. The lowest BCUT2D eigenvalue weighted by molar-refractivity contribution is 0.101. The molecule has 1 aromatic heterocycles. The van der Waals surface area contributed by atoms with Crippen LogP contribution in [0, 0.1) is 13.8 Å². The third kappa shape index (κ3) is 2.47.